The molecule has 1 amide bonds. The maximum absolute atomic E-state index is 12.0. The lowest BCUT2D eigenvalue weighted by Gasteiger charge is -2.37. The molecule has 0 bridgehead atoms. The molecule has 0 aromatic rings. The number of nitrogens with one attached hydrogen (secondary N) is 1. The fraction of sp³-hybridized carbons (Fsp3) is 0.769. The first kappa shape index (κ1) is 14.8. The van der Waals surface area contributed by atoms with E-state index in [2.05, 4.69) is 5.32 Å². The smallest absolute Gasteiger partial charge is 0.308 e. The van der Waals surface area contributed by atoms with Crippen LogP contribution in [0, 0.1) is 11.8 Å². The van der Waals surface area contributed by atoms with Gasteiger partial charge in [0.15, 0.2) is 0 Å². The summed E-state index contributed by atoms with van der Waals surface area (Å²) in [5, 5.41) is 21.1. The van der Waals surface area contributed by atoms with Gasteiger partial charge in [0.1, 0.15) is 0 Å². The van der Waals surface area contributed by atoms with Crippen LogP contribution in [0.4, 0.5) is 0 Å². The van der Waals surface area contributed by atoms with Gasteiger partial charge in [-0.25, -0.2) is 0 Å². The number of carboxylic acids is 2. The molecule has 1 aliphatic heterocycles. The van der Waals surface area contributed by atoms with E-state index in [9.17, 15) is 14.4 Å². The van der Waals surface area contributed by atoms with Crippen molar-refractivity contribution in [2.75, 3.05) is 13.1 Å². The average molecular weight is 284 g/mol. The lowest BCUT2D eigenvalue weighted by atomic mass is 9.85. The van der Waals surface area contributed by atoms with Gasteiger partial charge in [-0.15, -0.1) is 0 Å². The summed E-state index contributed by atoms with van der Waals surface area (Å²) in [4.78, 5) is 36.0. The second kappa shape index (κ2) is 5.78. The Morgan fingerprint density at radius 2 is 1.70 bits per heavy atom. The van der Waals surface area contributed by atoms with E-state index < -0.39 is 29.8 Å². The molecule has 0 aromatic heterocycles. The van der Waals surface area contributed by atoms with E-state index in [1.54, 1.807) is 11.8 Å². The highest BCUT2D eigenvalue weighted by atomic mass is 16.4. The number of hydrogen-bond donors (Lipinski definition) is 3. The van der Waals surface area contributed by atoms with Gasteiger partial charge in [0.05, 0.1) is 17.9 Å². The van der Waals surface area contributed by atoms with Crippen molar-refractivity contribution in [1.29, 1.82) is 0 Å². The first-order valence-corrected chi connectivity index (χ1v) is 6.90. The molecule has 112 valence electrons. The van der Waals surface area contributed by atoms with E-state index in [0.29, 0.717) is 6.54 Å². The average Bonchev–Trinajstić information content (AvgIpc) is 3.20. The number of piperidine rings is 1. The zero-order valence-electron chi connectivity index (χ0n) is 11.4. The molecule has 3 N–H and O–H groups in total. The second-order valence-electron chi connectivity index (χ2n) is 5.63. The summed E-state index contributed by atoms with van der Waals surface area (Å²) >= 11 is 0. The summed E-state index contributed by atoms with van der Waals surface area (Å²) in [5.41, 5.74) is 0. The molecule has 1 heterocycles. The van der Waals surface area contributed by atoms with Crippen molar-refractivity contribution < 1.29 is 24.6 Å². The van der Waals surface area contributed by atoms with Gasteiger partial charge in [-0.05, 0) is 32.7 Å². The molecule has 7 heteroatoms. The van der Waals surface area contributed by atoms with Crippen molar-refractivity contribution in [2.45, 2.75) is 38.3 Å². The van der Waals surface area contributed by atoms with Crippen LogP contribution in [0.2, 0.25) is 0 Å². The third-order valence-corrected chi connectivity index (χ3v) is 4.13. The van der Waals surface area contributed by atoms with Gasteiger partial charge < -0.3 is 15.5 Å². The van der Waals surface area contributed by atoms with Crippen LogP contribution >= 0.6 is 0 Å². The zero-order valence-corrected chi connectivity index (χ0v) is 11.4. The predicted molar refractivity (Wildman–Crippen MR) is 69.1 cm³/mol. The molecule has 3 atom stereocenters. The zero-order chi connectivity index (χ0) is 14.9. The quantitative estimate of drug-likeness (QED) is 0.643. The Morgan fingerprint density at radius 1 is 1.10 bits per heavy atom. The van der Waals surface area contributed by atoms with Crippen molar-refractivity contribution in [3.8, 4) is 0 Å². The standard InChI is InChI=1S/C13H20N2O5/c1-7(11(16)14-8-2-3-8)15-5-4-9(12(17)18)10(6-15)13(19)20/h7-10H,2-6H2,1H3,(H,14,16)(H,17,18)(H,19,20). The summed E-state index contributed by atoms with van der Waals surface area (Å²) < 4.78 is 0. The molecule has 1 aliphatic carbocycles. The molecular weight excluding hydrogens is 264 g/mol. The van der Waals surface area contributed by atoms with Gasteiger partial charge >= 0.3 is 11.9 Å². The van der Waals surface area contributed by atoms with Gasteiger partial charge in [-0.2, -0.15) is 0 Å². The lowest BCUT2D eigenvalue weighted by Crippen LogP contribution is -2.53. The SMILES string of the molecule is CC(C(=O)NC1CC1)N1CCC(C(=O)O)C(C(=O)O)C1. The van der Waals surface area contributed by atoms with E-state index in [-0.39, 0.29) is 24.9 Å². The van der Waals surface area contributed by atoms with Crippen LogP contribution < -0.4 is 5.32 Å². The van der Waals surface area contributed by atoms with Crippen molar-refractivity contribution in [2.24, 2.45) is 11.8 Å². The highest BCUT2D eigenvalue weighted by molar-refractivity contribution is 5.83. The minimum Gasteiger partial charge on any atom is -0.481 e. The number of carboxylic acid groups (broad SMARTS) is 2. The Labute approximate surface area is 116 Å². The minimum absolute atomic E-state index is 0.103. The minimum atomic E-state index is -1.11. The van der Waals surface area contributed by atoms with Crippen LogP contribution in [0.15, 0.2) is 0 Å². The monoisotopic (exact) mass is 284 g/mol. The lowest BCUT2D eigenvalue weighted by molar-refractivity contribution is -0.158. The highest BCUT2D eigenvalue weighted by Crippen LogP contribution is 2.26. The molecule has 7 nitrogen and oxygen atoms in total. The van der Waals surface area contributed by atoms with E-state index in [4.69, 9.17) is 10.2 Å². The number of likely N-dealkylation sites (tertiary alicyclic amines) is 1. The Morgan fingerprint density at radius 3 is 2.20 bits per heavy atom. The highest BCUT2D eigenvalue weighted by Gasteiger charge is 2.41. The third kappa shape index (κ3) is 3.27. The molecule has 20 heavy (non-hydrogen) atoms. The number of hydrogen-bond acceptors (Lipinski definition) is 4. The van der Waals surface area contributed by atoms with E-state index >= 15 is 0 Å². The maximum atomic E-state index is 12.0. The van der Waals surface area contributed by atoms with Gasteiger partial charge in [-0.1, -0.05) is 0 Å². The van der Waals surface area contributed by atoms with Crippen molar-refractivity contribution in [3.05, 3.63) is 0 Å². The van der Waals surface area contributed by atoms with Gasteiger partial charge in [0.2, 0.25) is 5.91 Å². The molecule has 2 fully saturated rings. The van der Waals surface area contributed by atoms with E-state index in [0.717, 1.165) is 12.8 Å². The Hall–Kier alpha value is -1.63. The molecule has 3 unspecified atom stereocenters. The predicted octanol–water partition coefficient (Wildman–Crippen LogP) is -0.239. The van der Waals surface area contributed by atoms with Crippen LogP contribution in [0.3, 0.4) is 0 Å². The number of carbonyl (C=O) groups is 3. The number of aliphatic carboxylic acids is 2. The van der Waals surface area contributed by atoms with Crippen LogP contribution in [0.5, 0.6) is 0 Å². The summed E-state index contributed by atoms with van der Waals surface area (Å²) in [6, 6.07) is -0.163. The van der Waals surface area contributed by atoms with Crippen LogP contribution in [-0.4, -0.2) is 58.1 Å². The molecule has 0 radical (unpaired) electrons. The topological polar surface area (TPSA) is 107 Å². The first-order chi connectivity index (χ1) is 9.40. The molecule has 2 rings (SSSR count). The normalized spacial score (nSPS) is 28.6. The molecule has 0 aromatic carbocycles. The number of amides is 1. The fourth-order valence-electron chi connectivity index (χ4n) is 2.59. The molecule has 2 aliphatic rings. The van der Waals surface area contributed by atoms with Gasteiger partial charge in [0, 0.05) is 12.6 Å². The van der Waals surface area contributed by atoms with Crippen molar-refractivity contribution >= 4 is 17.8 Å². The summed E-state index contributed by atoms with van der Waals surface area (Å²) in [7, 11) is 0. The van der Waals surface area contributed by atoms with Gasteiger partial charge in [0.25, 0.3) is 0 Å². The first-order valence-electron chi connectivity index (χ1n) is 6.90. The van der Waals surface area contributed by atoms with Crippen LogP contribution in [0.25, 0.3) is 0 Å². The van der Waals surface area contributed by atoms with Crippen LogP contribution in [0.1, 0.15) is 26.2 Å². The maximum Gasteiger partial charge on any atom is 0.308 e. The number of rotatable bonds is 5. The van der Waals surface area contributed by atoms with Crippen molar-refractivity contribution in [3.63, 3.8) is 0 Å². The summed E-state index contributed by atoms with van der Waals surface area (Å²) in [6.45, 7) is 2.27. The largest absolute Gasteiger partial charge is 0.481 e. The summed E-state index contributed by atoms with van der Waals surface area (Å²) in [6.07, 6.45) is 2.25. The fourth-order valence-corrected chi connectivity index (χ4v) is 2.59. The van der Waals surface area contributed by atoms with Gasteiger partial charge in [-0.3, -0.25) is 19.3 Å². The Kier molecular flexibility index (Phi) is 4.27. The molecular formula is C13H20N2O5. The molecule has 0 spiro atoms. The molecule has 1 saturated heterocycles. The summed E-state index contributed by atoms with van der Waals surface area (Å²) in [5.74, 6) is -4.13. The van der Waals surface area contributed by atoms with E-state index in [1.165, 1.54) is 0 Å². The number of carbonyl (C=O) groups excluding carboxylic acids is 1. The Balaban J connectivity index is 1.97. The number of nitrogens with zero attached hydrogens (tertiary/aromatic N) is 1. The molecule has 1 saturated carbocycles. The van der Waals surface area contributed by atoms with E-state index in [1.807, 2.05) is 0 Å². The Bertz CT molecular complexity index is 421. The third-order valence-electron chi connectivity index (χ3n) is 4.13. The van der Waals surface area contributed by atoms with Crippen molar-refractivity contribution in [1.82, 2.24) is 10.2 Å². The van der Waals surface area contributed by atoms with Crippen LogP contribution in [-0.2, 0) is 14.4 Å². The second-order valence-corrected chi connectivity index (χ2v) is 5.63.